The Balaban J connectivity index is 1.74. The van der Waals surface area contributed by atoms with E-state index in [1.165, 1.54) is 11.3 Å². The second kappa shape index (κ2) is 5.84. The van der Waals surface area contributed by atoms with E-state index in [2.05, 4.69) is 25.7 Å². The number of anilines is 1. The van der Waals surface area contributed by atoms with E-state index in [4.69, 9.17) is 4.52 Å². The van der Waals surface area contributed by atoms with Crippen molar-refractivity contribution in [3.05, 3.63) is 46.8 Å². The monoisotopic (exact) mass is 299 g/mol. The number of aromatic nitrogens is 3. The number of nitrogens with one attached hydrogen (secondary N) is 1. The SMILES string of the molecule is Cc1csc(NN=Cc2cccc(-c3noc(C)n3)c2)n1. The summed E-state index contributed by atoms with van der Waals surface area (Å²) in [5.74, 6) is 1.12. The summed E-state index contributed by atoms with van der Waals surface area (Å²) in [6, 6.07) is 7.76. The molecule has 1 N–H and O–H groups in total. The van der Waals surface area contributed by atoms with Gasteiger partial charge in [0.1, 0.15) is 0 Å². The molecular weight excluding hydrogens is 286 g/mol. The molecule has 106 valence electrons. The number of thiazole rings is 1. The van der Waals surface area contributed by atoms with Crippen LogP contribution in [0.3, 0.4) is 0 Å². The van der Waals surface area contributed by atoms with Crippen molar-refractivity contribution >= 4 is 22.7 Å². The molecule has 0 saturated carbocycles. The van der Waals surface area contributed by atoms with E-state index in [0.717, 1.165) is 22.0 Å². The van der Waals surface area contributed by atoms with Crippen LogP contribution in [0, 0.1) is 13.8 Å². The predicted molar refractivity (Wildman–Crippen MR) is 82.5 cm³/mol. The van der Waals surface area contributed by atoms with Crippen LogP contribution in [0.1, 0.15) is 17.1 Å². The summed E-state index contributed by atoms with van der Waals surface area (Å²) in [5, 5.41) is 10.8. The number of hydrogen-bond acceptors (Lipinski definition) is 7. The fourth-order valence-corrected chi connectivity index (χ4v) is 2.38. The van der Waals surface area contributed by atoms with Crippen LogP contribution < -0.4 is 5.43 Å². The van der Waals surface area contributed by atoms with Gasteiger partial charge >= 0.3 is 0 Å². The summed E-state index contributed by atoms with van der Waals surface area (Å²) in [6.45, 7) is 3.71. The van der Waals surface area contributed by atoms with Crippen LogP contribution in [0.25, 0.3) is 11.4 Å². The summed E-state index contributed by atoms with van der Waals surface area (Å²) < 4.78 is 4.99. The van der Waals surface area contributed by atoms with Gasteiger partial charge in [0, 0.05) is 17.9 Å². The molecule has 0 spiro atoms. The Morgan fingerprint density at radius 2 is 2.19 bits per heavy atom. The highest BCUT2D eigenvalue weighted by atomic mass is 32.1. The van der Waals surface area contributed by atoms with E-state index in [9.17, 15) is 0 Å². The topological polar surface area (TPSA) is 76.2 Å². The maximum absolute atomic E-state index is 4.99. The Hall–Kier alpha value is -2.54. The molecule has 0 fully saturated rings. The largest absolute Gasteiger partial charge is 0.339 e. The second-order valence-electron chi connectivity index (χ2n) is 4.43. The average Bonchev–Trinajstić information content (AvgIpc) is 3.08. The minimum Gasteiger partial charge on any atom is -0.339 e. The third-order valence-electron chi connectivity index (χ3n) is 2.67. The number of hydrazone groups is 1. The Bertz CT molecular complexity index is 777. The van der Waals surface area contributed by atoms with Crippen LogP contribution >= 0.6 is 11.3 Å². The molecular formula is C14H13N5OS. The quantitative estimate of drug-likeness (QED) is 0.591. The Morgan fingerprint density at radius 1 is 1.29 bits per heavy atom. The zero-order valence-corrected chi connectivity index (χ0v) is 12.4. The average molecular weight is 299 g/mol. The van der Waals surface area contributed by atoms with Gasteiger partial charge in [0.25, 0.3) is 0 Å². The van der Waals surface area contributed by atoms with Gasteiger partial charge in [0.05, 0.1) is 11.9 Å². The maximum Gasteiger partial charge on any atom is 0.223 e. The van der Waals surface area contributed by atoms with Crippen LogP contribution in [-0.2, 0) is 0 Å². The molecule has 0 amide bonds. The lowest BCUT2D eigenvalue weighted by Gasteiger charge is -1.97. The number of nitrogens with zero attached hydrogens (tertiary/aromatic N) is 4. The zero-order valence-electron chi connectivity index (χ0n) is 11.6. The lowest BCUT2D eigenvalue weighted by molar-refractivity contribution is 0.394. The summed E-state index contributed by atoms with van der Waals surface area (Å²) >= 11 is 1.52. The molecule has 3 aromatic rings. The van der Waals surface area contributed by atoms with Crippen molar-refractivity contribution in [2.45, 2.75) is 13.8 Å². The highest BCUT2D eigenvalue weighted by Gasteiger charge is 2.05. The smallest absolute Gasteiger partial charge is 0.223 e. The lowest BCUT2D eigenvalue weighted by Crippen LogP contribution is -1.91. The molecule has 0 aliphatic heterocycles. The highest BCUT2D eigenvalue weighted by molar-refractivity contribution is 7.13. The maximum atomic E-state index is 4.99. The molecule has 2 heterocycles. The number of rotatable bonds is 4. The van der Waals surface area contributed by atoms with Crippen molar-refractivity contribution in [3.63, 3.8) is 0 Å². The van der Waals surface area contributed by atoms with Gasteiger partial charge in [-0.05, 0) is 18.6 Å². The summed E-state index contributed by atoms with van der Waals surface area (Å²) in [7, 11) is 0. The Kier molecular flexibility index (Phi) is 3.74. The van der Waals surface area contributed by atoms with Crippen molar-refractivity contribution in [3.8, 4) is 11.4 Å². The molecule has 0 unspecified atom stereocenters. The van der Waals surface area contributed by atoms with Gasteiger partial charge in [-0.1, -0.05) is 23.4 Å². The summed E-state index contributed by atoms with van der Waals surface area (Å²) in [6.07, 6.45) is 1.73. The van der Waals surface area contributed by atoms with Crippen LogP contribution in [0.4, 0.5) is 5.13 Å². The van der Waals surface area contributed by atoms with Crippen molar-refractivity contribution in [2.24, 2.45) is 5.10 Å². The van der Waals surface area contributed by atoms with Crippen molar-refractivity contribution in [1.29, 1.82) is 0 Å². The molecule has 0 aliphatic rings. The third kappa shape index (κ3) is 3.32. The number of aryl methyl sites for hydroxylation is 2. The first-order valence-corrected chi connectivity index (χ1v) is 7.20. The minimum absolute atomic E-state index is 0.546. The van der Waals surface area contributed by atoms with Crippen LogP contribution in [0.2, 0.25) is 0 Å². The van der Waals surface area contributed by atoms with E-state index < -0.39 is 0 Å². The summed E-state index contributed by atoms with van der Waals surface area (Å²) in [4.78, 5) is 8.48. The minimum atomic E-state index is 0.546. The van der Waals surface area contributed by atoms with Crippen molar-refractivity contribution < 1.29 is 4.52 Å². The Labute approximate surface area is 125 Å². The van der Waals surface area contributed by atoms with Gasteiger partial charge in [-0.3, -0.25) is 5.43 Å². The van der Waals surface area contributed by atoms with E-state index in [1.54, 1.807) is 13.1 Å². The fraction of sp³-hybridized carbons (Fsp3) is 0.143. The molecule has 1 aromatic carbocycles. The van der Waals surface area contributed by atoms with E-state index in [1.807, 2.05) is 36.6 Å². The highest BCUT2D eigenvalue weighted by Crippen LogP contribution is 2.17. The first kappa shape index (κ1) is 13.4. The first-order valence-electron chi connectivity index (χ1n) is 6.33. The van der Waals surface area contributed by atoms with Gasteiger partial charge in [-0.15, -0.1) is 11.3 Å². The predicted octanol–water partition coefficient (Wildman–Crippen LogP) is 3.26. The third-order valence-corrected chi connectivity index (χ3v) is 3.53. The Morgan fingerprint density at radius 3 is 2.90 bits per heavy atom. The molecule has 7 heteroatoms. The van der Waals surface area contributed by atoms with Gasteiger partial charge in [-0.2, -0.15) is 10.1 Å². The van der Waals surface area contributed by atoms with Crippen LogP contribution in [0.15, 0.2) is 39.3 Å². The van der Waals surface area contributed by atoms with Gasteiger partial charge < -0.3 is 4.52 Å². The molecule has 2 aromatic heterocycles. The zero-order chi connectivity index (χ0) is 14.7. The first-order chi connectivity index (χ1) is 10.2. The van der Waals surface area contributed by atoms with Crippen molar-refractivity contribution in [1.82, 2.24) is 15.1 Å². The lowest BCUT2D eigenvalue weighted by atomic mass is 10.1. The van der Waals surface area contributed by atoms with Crippen LogP contribution in [-0.4, -0.2) is 21.3 Å². The van der Waals surface area contributed by atoms with Crippen molar-refractivity contribution in [2.75, 3.05) is 5.43 Å². The molecule has 0 saturated heterocycles. The normalized spacial score (nSPS) is 11.1. The van der Waals surface area contributed by atoms with Gasteiger partial charge in [-0.25, -0.2) is 4.98 Å². The standard InChI is InChI=1S/C14H13N5OS/c1-9-8-21-14(16-9)18-15-7-11-4-3-5-12(6-11)13-17-10(2)20-19-13/h3-8H,1-2H3,(H,16,18). The number of hydrogen-bond donors (Lipinski definition) is 1. The molecule has 0 aliphatic carbocycles. The molecule has 21 heavy (non-hydrogen) atoms. The van der Waals surface area contributed by atoms with E-state index in [-0.39, 0.29) is 0 Å². The second-order valence-corrected chi connectivity index (χ2v) is 5.28. The van der Waals surface area contributed by atoms with Gasteiger partial charge in [0.2, 0.25) is 16.8 Å². The number of benzene rings is 1. The molecule has 0 bridgehead atoms. The molecule has 0 radical (unpaired) electrons. The fourth-order valence-electron chi connectivity index (χ4n) is 1.74. The summed E-state index contributed by atoms with van der Waals surface area (Å²) in [5.41, 5.74) is 5.71. The van der Waals surface area contributed by atoms with E-state index >= 15 is 0 Å². The molecule has 0 atom stereocenters. The van der Waals surface area contributed by atoms with E-state index in [0.29, 0.717) is 11.7 Å². The van der Waals surface area contributed by atoms with Gasteiger partial charge in [0.15, 0.2) is 0 Å². The van der Waals surface area contributed by atoms with Crippen LogP contribution in [0.5, 0.6) is 0 Å². The molecule has 6 nitrogen and oxygen atoms in total. The molecule has 3 rings (SSSR count).